The number of hydrogen-bond donors (Lipinski definition) is 1. The highest BCUT2D eigenvalue weighted by Gasteiger charge is 2.17. The summed E-state index contributed by atoms with van der Waals surface area (Å²) < 4.78 is 11.8. The van der Waals surface area contributed by atoms with Gasteiger partial charge in [0.15, 0.2) is 0 Å². The zero-order valence-electron chi connectivity index (χ0n) is 8.73. The van der Waals surface area contributed by atoms with Crippen LogP contribution in [0.2, 0.25) is 0 Å². The maximum absolute atomic E-state index is 11.8. The fourth-order valence-corrected chi connectivity index (χ4v) is 2.26. The molecule has 0 heterocycles. The molecular formula is C11H16O2S. The molecule has 0 fully saturated rings. The van der Waals surface area contributed by atoms with Gasteiger partial charge in [-0.1, -0.05) is 17.7 Å². The molecule has 1 aromatic carbocycles. The zero-order valence-corrected chi connectivity index (χ0v) is 9.54. The summed E-state index contributed by atoms with van der Waals surface area (Å²) in [5, 5.41) is 9.09. The Labute approximate surface area is 87.4 Å². The maximum atomic E-state index is 11.8. The van der Waals surface area contributed by atoms with Crippen LogP contribution in [0.25, 0.3) is 0 Å². The topological polar surface area (TPSA) is 37.3 Å². The number of hydrogen-bond acceptors (Lipinski definition) is 2. The number of benzene rings is 1. The molecule has 3 atom stereocenters. The highest BCUT2D eigenvalue weighted by molar-refractivity contribution is 7.85. The molecule has 1 N–H and O–H groups in total. The number of rotatable bonds is 3. The molecule has 0 amide bonds. The Hall–Kier alpha value is -0.670. The summed E-state index contributed by atoms with van der Waals surface area (Å²) in [5.41, 5.74) is 1.15. The van der Waals surface area contributed by atoms with Gasteiger partial charge in [-0.15, -0.1) is 0 Å². The van der Waals surface area contributed by atoms with Crippen molar-refractivity contribution in [3.8, 4) is 0 Å². The minimum atomic E-state index is -1.12. The second-order valence-electron chi connectivity index (χ2n) is 3.56. The van der Waals surface area contributed by atoms with Crippen LogP contribution in [0, 0.1) is 6.92 Å². The highest BCUT2D eigenvalue weighted by atomic mass is 32.2. The zero-order chi connectivity index (χ0) is 10.7. The summed E-state index contributed by atoms with van der Waals surface area (Å²) in [6.07, 6.45) is -0.544. The van der Waals surface area contributed by atoms with Crippen molar-refractivity contribution in [2.75, 3.05) is 0 Å². The van der Waals surface area contributed by atoms with E-state index < -0.39 is 16.9 Å². The van der Waals surface area contributed by atoms with Crippen LogP contribution in [0.1, 0.15) is 19.4 Å². The summed E-state index contributed by atoms with van der Waals surface area (Å²) in [4.78, 5) is 0.781. The van der Waals surface area contributed by atoms with Crippen molar-refractivity contribution in [3.63, 3.8) is 0 Å². The van der Waals surface area contributed by atoms with Gasteiger partial charge in [-0.3, -0.25) is 4.21 Å². The van der Waals surface area contributed by atoms with Crippen LogP contribution in [0.15, 0.2) is 29.2 Å². The van der Waals surface area contributed by atoms with Gasteiger partial charge in [-0.2, -0.15) is 0 Å². The van der Waals surface area contributed by atoms with Crippen LogP contribution >= 0.6 is 0 Å². The van der Waals surface area contributed by atoms with Crippen molar-refractivity contribution in [1.82, 2.24) is 0 Å². The van der Waals surface area contributed by atoms with Gasteiger partial charge in [0.2, 0.25) is 0 Å². The smallest absolute Gasteiger partial charge is 0.0656 e. The van der Waals surface area contributed by atoms with E-state index in [2.05, 4.69) is 0 Å². The molecule has 3 heteroatoms. The van der Waals surface area contributed by atoms with Crippen LogP contribution in [0.4, 0.5) is 0 Å². The van der Waals surface area contributed by atoms with E-state index in [-0.39, 0.29) is 5.25 Å². The van der Waals surface area contributed by atoms with E-state index in [0.717, 1.165) is 10.5 Å². The summed E-state index contributed by atoms with van der Waals surface area (Å²) in [6, 6.07) is 7.57. The average Bonchev–Trinajstić information content (AvgIpc) is 2.16. The summed E-state index contributed by atoms with van der Waals surface area (Å²) >= 11 is 0. The first-order chi connectivity index (χ1) is 6.52. The largest absolute Gasteiger partial charge is 0.392 e. The van der Waals surface area contributed by atoms with Crippen LogP contribution in [-0.2, 0) is 10.8 Å². The van der Waals surface area contributed by atoms with Gasteiger partial charge in [-0.25, -0.2) is 0 Å². The first-order valence-corrected chi connectivity index (χ1v) is 5.89. The molecule has 14 heavy (non-hydrogen) atoms. The molecule has 0 aliphatic heterocycles. The van der Waals surface area contributed by atoms with Crippen molar-refractivity contribution in [1.29, 1.82) is 0 Å². The molecule has 1 rings (SSSR count). The molecular weight excluding hydrogens is 196 g/mol. The lowest BCUT2D eigenvalue weighted by Crippen LogP contribution is -2.24. The third-order valence-electron chi connectivity index (χ3n) is 2.27. The molecule has 78 valence electrons. The molecule has 0 saturated heterocycles. The lowest BCUT2D eigenvalue weighted by molar-refractivity contribution is 0.194. The predicted octanol–water partition coefficient (Wildman–Crippen LogP) is 1.87. The van der Waals surface area contributed by atoms with Gasteiger partial charge in [0.1, 0.15) is 0 Å². The molecule has 2 nitrogen and oxygen atoms in total. The lowest BCUT2D eigenvalue weighted by Gasteiger charge is -2.14. The normalized spacial score (nSPS) is 17.4. The van der Waals surface area contributed by atoms with Crippen LogP contribution < -0.4 is 0 Å². The van der Waals surface area contributed by atoms with E-state index >= 15 is 0 Å². The second-order valence-corrected chi connectivity index (χ2v) is 5.37. The quantitative estimate of drug-likeness (QED) is 0.830. The van der Waals surface area contributed by atoms with Crippen molar-refractivity contribution >= 4 is 10.8 Å². The van der Waals surface area contributed by atoms with Gasteiger partial charge in [-0.05, 0) is 32.9 Å². The molecule has 0 radical (unpaired) electrons. The number of aliphatic hydroxyl groups excluding tert-OH is 1. The van der Waals surface area contributed by atoms with Crippen LogP contribution in [0.5, 0.6) is 0 Å². The minimum absolute atomic E-state index is 0.224. The van der Waals surface area contributed by atoms with E-state index in [0.29, 0.717) is 0 Å². The van der Waals surface area contributed by atoms with Gasteiger partial charge in [0, 0.05) is 4.90 Å². The molecule has 0 saturated carbocycles. The molecule has 0 aliphatic rings. The fourth-order valence-electron chi connectivity index (χ4n) is 1.07. The Morgan fingerprint density at radius 2 is 1.71 bits per heavy atom. The standard InChI is InChI=1S/C11H16O2S/c1-8-4-6-11(7-5-8)14(13)10(3)9(2)12/h4-7,9-10,12H,1-3H3. The van der Waals surface area contributed by atoms with E-state index in [1.54, 1.807) is 13.8 Å². The molecule has 0 spiro atoms. The summed E-state index contributed by atoms with van der Waals surface area (Å²) in [5.74, 6) is 0. The summed E-state index contributed by atoms with van der Waals surface area (Å²) in [7, 11) is -1.12. The number of aliphatic hydroxyl groups is 1. The molecule has 0 bridgehead atoms. The van der Waals surface area contributed by atoms with Gasteiger partial charge in [0.25, 0.3) is 0 Å². The van der Waals surface area contributed by atoms with E-state index in [9.17, 15) is 9.32 Å². The summed E-state index contributed by atoms with van der Waals surface area (Å²) in [6.45, 7) is 5.45. The van der Waals surface area contributed by atoms with E-state index in [4.69, 9.17) is 0 Å². The second kappa shape index (κ2) is 4.71. The monoisotopic (exact) mass is 212 g/mol. The minimum Gasteiger partial charge on any atom is -0.392 e. The first-order valence-electron chi connectivity index (χ1n) is 4.67. The Kier molecular flexibility index (Phi) is 3.84. The Bertz CT molecular complexity index is 317. The van der Waals surface area contributed by atoms with Crippen molar-refractivity contribution in [3.05, 3.63) is 29.8 Å². The fraction of sp³-hybridized carbons (Fsp3) is 0.455. The van der Waals surface area contributed by atoms with Crippen LogP contribution in [-0.4, -0.2) is 20.7 Å². The average molecular weight is 212 g/mol. The van der Waals surface area contributed by atoms with Crippen molar-refractivity contribution in [2.45, 2.75) is 37.0 Å². The maximum Gasteiger partial charge on any atom is 0.0656 e. The molecule has 0 aromatic heterocycles. The Balaban J connectivity index is 2.84. The number of aryl methyl sites for hydroxylation is 1. The first kappa shape index (κ1) is 11.4. The van der Waals surface area contributed by atoms with E-state index in [1.807, 2.05) is 31.2 Å². The van der Waals surface area contributed by atoms with Crippen molar-refractivity contribution < 1.29 is 9.32 Å². The predicted molar refractivity (Wildman–Crippen MR) is 58.7 cm³/mol. The lowest BCUT2D eigenvalue weighted by atomic mass is 10.2. The highest BCUT2D eigenvalue weighted by Crippen LogP contribution is 2.14. The Morgan fingerprint density at radius 3 is 2.14 bits per heavy atom. The molecule has 1 aromatic rings. The van der Waals surface area contributed by atoms with E-state index in [1.165, 1.54) is 0 Å². The SMILES string of the molecule is Cc1ccc(S(=O)C(C)C(C)O)cc1. The Morgan fingerprint density at radius 1 is 1.21 bits per heavy atom. The third kappa shape index (κ3) is 2.66. The molecule has 0 aliphatic carbocycles. The van der Waals surface area contributed by atoms with Gasteiger partial charge < -0.3 is 5.11 Å². The molecule has 3 unspecified atom stereocenters. The van der Waals surface area contributed by atoms with Gasteiger partial charge in [0.05, 0.1) is 22.2 Å². The van der Waals surface area contributed by atoms with Gasteiger partial charge >= 0.3 is 0 Å². The van der Waals surface area contributed by atoms with Crippen LogP contribution in [0.3, 0.4) is 0 Å². The van der Waals surface area contributed by atoms with Crippen molar-refractivity contribution in [2.24, 2.45) is 0 Å². The third-order valence-corrected chi connectivity index (χ3v) is 4.08.